The molecule has 3 aromatic heterocycles. The number of anilines is 3. The first-order valence-corrected chi connectivity index (χ1v) is 12.0. The number of aromatic nitrogens is 3. The van der Waals surface area contributed by atoms with Gasteiger partial charge in [-0.3, -0.25) is 4.79 Å². The van der Waals surface area contributed by atoms with E-state index in [9.17, 15) is 9.18 Å². The highest BCUT2D eigenvalue weighted by Gasteiger charge is 2.20. The number of pyridine rings is 1. The summed E-state index contributed by atoms with van der Waals surface area (Å²) in [6.07, 6.45) is 5.66. The predicted octanol–water partition coefficient (Wildman–Crippen LogP) is 7.05. The van der Waals surface area contributed by atoms with E-state index in [0.717, 1.165) is 35.5 Å². The molecule has 0 aliphatic rings. The lowest BCUT2D eigenvalue weighted by molar-refractivity contribution is -0.111. The van der Waals surface area contributed by atoms with Crippen LogP contribution in [0.3, 0.4) is 0 Å². The van der Waals surface area contributed by atoms with Gasteiger partial charge in [0, 0.05) is 46.9 Å². The standard InChI is InChI=1S/C26H27F2N5OS/c1-6-23(34)30-20-11-17(18(27)12-19(20)28)24-16-7-9-33(10-8-26(3,4)5)21(16)13-22(31-24)32-25-29-14-15(2)35-25/h6-7,9,11-14H,1,8,10H2,2-5H3,(H,30,34)(H,29,31,32). The summed E-state index contributed by atoms with van der Waals surface area (Å²) in [5.41, 5.74) is 1.24. The predicted molar refractivity (Wildman–Crippen MR) is 138 cm³/mol. The van der Waals surface area contributed by atoms with Crippen LogP contribution in [0.5, 0.6) is 0 Å². The maximum Gasteiger partial charge on any atom is 0.247 e. The second-order valence-corrected chi connectivity index (χ2v) is 10.7. The second kappa shape index (κ2) is 9.58. The summed E-state index contributed by atoms with van der Waals surface area (Å²) in [6.45, 7) is 12.6. The van der Waals surface area contributed by atoms with Crippen LogP contribution < -0.4 is 10.6 Å². The van der Waals surface area contributed by atoms with Gasteiger partial charge >= 0.3 is 0 Å². The fraction of sp³-hybridized carbons (Fsp3) is 0.269. The molecule has 0 saturated heterocycles. The van der Waals surface area contributed by atoms with Gasteiger partial charge < -0.3 is 15.2 Å². The van der Waals surface area contributed by atoms with E-state index in [2.05, 4.69) is 52.5 Å². The van der Waals surface area contributed by atoms with Crippen molar-refractivity contribution in [3.8, 4) is 11.3 Å². The topological polar surface area (TPSA) is 71.8 Å². The first-order chi connectivity index (χ1) is 16.5. The number of carbonyl (C=O) groups excluding carboxylic acids is 1. The molecule has 2 N–H and O–H groups in total. The van der Waals surface area contributed by atoms with Crippen LogP contribution in [-0.2, 0) is 11.3 Å². The van der Waals surface area contributed by atoms with Crippen LogP contribution in [0.4, 0.5) is 25.4 Å². The summed E-state index contributed by atoms with van der Waals surface area (Å²) in [6, 6.07) is 5.79. The average molecular weight is 496 g/mol. The summed E-state index contributed by atoms with van der Waals surface area (Å²) in [5, 5.41) is 6.97. The zero-order valence-corrected chi connectivity index (χ0v) is 20.9. The van der Waals surface area contributed by atoms with E-state index in [0.29, 0.717) is 22.0 Å². The largest absolute Gasteiger partial charge is 0.347 e. The van der Waals surface area contributed by atoms with Crippen molar-refractivity contribution in [2.75, 3.05) is 10.6 Å². The summed E-state index contributed by atoms with van der Waals surface area (Å²) >= 11 is 1.48. The molecule has 0 saturated carbocycles. The zero-order valence-electron chi connectivity index (χ0n) is 20.1. The smallest absolute Gasteiger partial charge is 0.247 e. The number of hydrogen-bond acceptors (Lipinski definition) is 5. The van der Waals surface area contributed by atoms with Crippen molar-refractivity contribution in [1.82, 2.24) is 14.5 Å². The maximum absolute atomic E-state index is 15.1. The first-order valence-electron chi connectivity index (χ1n) is 11.2. The van der Waals surface area contributed by atoms with E-state index in [4.69, 9.17) is 0 Å². The molecule has 9 heteroatoms. The minimum absolute atomic E-state index is 0.0725. The molecule has 0 fully saturated rings. The van der Waals surface area contributed by atoms with Crippen molar-refractivity contribution in [3.05, 3.63) is 65.8 Å². The van der Waals surface area contributed by atoms with Crippen LogP contribution >= 0.6 is 11.3 Å². The van der Waals surface area contributed by atoms with E-state index in [1.807, 2.05) is 25.3 Å². The van der Waals surface area contributed by atoms with Gasteiger partial charge in [-0.1, -0.05) is 27.4 Å². The molecule has 35 heavy (non-hydrogen) atoms. The van der Waals surface area contributed by atoms with E-state index in [1.165, 1.54) is 17.4 Å². The number of benzene rings is 1. The monoisotopic (exact) mass is 495 g/mol. The fourth-order valence-electron chi connectivity index (χ4n) is 3.64. The van der Waals surface area contributed by atoms with Gasteiger partial charge in [0.1, 0.15) is 17.5 Å². The van der Waals surface area contributed by atoms with E-state index in [-0.39, 0.29) is 16.7 Å². The van der Waals surface area contributed by atoms with Gasteiger partial charge in [0.2, 0.25) is 5.91 Å². The quantitative estimate of drug-likeness (QED) is 0.270. The lowest BCUT2D eigenvalue weighted by Crippen LogP contribution is -2.10. The van der Waals surface area contributed by atoms with Crippen molar-refractivity contribution in [3.63, 3.8) is 0 Å². The normalized spacial score (nSPS) is 11.6. The van der Waals surface area contributed by atoms with Gasteiger partial charge in [-0.05, 0) is 37.0 Å². The molecule has 0 aliphatic carbocycles. The van der Waals surface area contributed by atoms with Gasteiger partial charge in [-0.2, -0.15) is 0 Å². The number of nitrogens with zero attached hydrogens (tertiary/aromatic N) is 3. The second-order valence-electron chi connectivity index (χ2n) is 9.52. The molecule has 1 aromatic carbocycles. The highest BCUT2D eigenvalue weighted by atomic mass is 32.1. The number of hydrogen-bond donors (Lipinski definition) is 2. The molecule has 0 unspecified atom stereocenters. The molecular formula is C26H27F2N5OS. The Hall–Kier alpha value is -3.59. The highest BCUT2D eigenvalue weighted by Crippen LogP contribution is 2.35. The van der Waals surface area contributed by atoms with Crippen LogP contribution in [0.25, 0.3) is 22.2 Å². The van der Waals surface area contributed by atoms with Crippen LogP contribution in [0.1, 0.15) is 32.1 Å². The molecule has 0 aliphatic heterocycles. The number of aryl methyl sites for hydroxylation is 2. The van der Waals surface area contributed by atoms with Gasteiger partial charge in [0.25, 0.3) is 0 Å². The molecule has 0 atom stereocenters. The van der Waals surface area contributed by atoms with Gasteiger partial charge in [-0.25, -0.2) is 18.7 Å². The summed E-state index contributed by atoms with van der Waals surface area (Å²) in [4.78, 5) is 21.8. The van der Waals surface area contributed by atoms with Crippen LogP contribution in [0.2, 0.25) is 0 Å². The number of thiazole rings is 1. The molecule has 0 bridgehead atoms. The molecule has 6 nitrogen and oxygen atoms in total. The van der Waals surface area contributed by atoms with Crippen LogP contribution in [0.15, 0.2) is 49.3 Å². The van der Waals surface area contributed by atoms with Crippen molar-refractivity contribution in [2.45, 2.75) is 40.7 Å². The van der Waals surface area contributed by atoms with Gasteiger partial charge in [0.05, 0.1) is 16.9 Å². The molecule has 3 heterocycles. The van der Waals surface area contributed by atoms with E-state index >= 15 is 4.39 Å². The zero-order chi connectivity index (χ0) is 25.3. The third kappa shape index (κ3) is 5.57. The van der Waals surface area contributed by atoms with Crippen molar-refractivity contribution < 1.29 is 13.6 Å². The Morgan fingerprint density at radius 2 is 2.00 bits per heavy atom. The third-order valence-corrected chi connectivity index (χ3v) is 6.31. The third-order valence-electron chi connectivity index (χ3n) is 5.48. The number of halogens is 2. The number of amides is 1. The Labute approximate surface area is 206 Å². The summed E-state index contributed by atoms with van der Waals surface area (Å²) in [5.74, 6) is -1.77. The Morgan fingerprint density at radius 3 is 2.66 bits per heavy atom. The number of carbonyl (C=O) groups is 1. The molecule has 182 valence electrons. The lowest BCUT2D eigenvalue weighted by atomic mass is 9.92. The van der Waals surface area contributed by atoms with Gasteiger partial charge in [0.15, 0.2) is 5.13 Å². The Kier molecular flexibility index (Phi) is 6.71. The molecule has 0 spiro atoms. The molecule has 0 radical (unpaired) electrons. The van der Waals surface area contributed by atoms with Crippen LogP contribution in [-0.4, -0.2) is 20.4 Å². The molecular weight excluding hydrogens is 468 g/mol. The fourth-order valence-corrected chi connectivity index (χ4v) is 4.31. The number of nitrogens with one attached hydrogen (secondary N) is 2. The highest BCUT2D eigenvalue weighted by molar-refractivity contribution is 7.15. The van der Waals surface area contributed by atoms with Crippen molar-refractivity contribution in [1.29, 1.82) is 0 Å². The van der Waals surface area contributed by atoms with Gasteiger partial charge in [-0.15, -0.1) is 11.3 Å². The Morgan fingerprint density at radius 1 is 1.23 bits per heavy atom. The van der Waals surface area contributed by atoms with E-state index in [1.54, 1.807) is 6.20 Å². The average Bonchev–Trinajstić information content (AvgIpc) is 3.38. The molecule has 4 aromatic rings. The SMILES string of the molecule is C=CC(=O)Nc1cc(-c2nc(Nc3ncc(C)s3)cc3c2ccn3CCC(C)(C)C)c(F)cc1F. The maximum atomic E-state index is 15.1. The molecule has 4 rings (SSSR count). The van der Waals surface area contributed by atoms with E-state index < -0.39 is 17.5 Å². The minimum Gasteiger partial charge on any atom is -0.347 e. The summed E-state index contributed by atoms with van der Waals surface area (Å²) < 4.78 is 31.6. The first kappa shape index (κ1) is 24.5. The van der Waals surface area contributed by atoms with Crippen molar-refractivity contribution >= 4 is 44.8 Å². The summed E-state index contributed by atoms with van der Waals surface area (Å²) in [7, 11) is 0. The minimum atomic E-state index is -0.881. The molecule has 1 amide bonds. The number of rotatable bonds is 7. The Bertz CT molecular complexity index is 1420. The Balaban J connectivity index is 1.87. The lowest BCUT2D eigenvalue weighted by Gasteiger charge is -2.19. The van der Waals surface area contributed by atoms with Crippen LogP contribution in [0, 0.1) is 24.0 Å². The number of fused-ring (bicyclic) bond motifs is 1. The van der Waals surface area contributed by atoms with Crippen molar-refractivity contribution in [2.24, 2.45) is 5.41 Å².